The summed E-state index contributed by atoms with van der Waals surface area (Å²) in [6, 6.07) is 5.11. The molecule has 0 aliphatic carbocycles. The molecule has 0 radical (unpaired) electrons. The van der Waals surface area contributed by atoms with Crippen LogP contribution in [0.4, 0.5) is 5.69 Å². The molecule has 1 atom stereocenters. The van der Waals surface area contributed by atoms with E-state index in [2.05, 4.69) is 4.90 Å². The van der Waals surface area contributed by atoms with Gasteiger partial charge >= 0.3 is 0 Å². The highest BCUT2D eigenvalue weighted by Crippen LogP contribution is 2.24. The highest BCUT2D eigenvalue weighted by Gasteiger charge is 2.31. The molecular formula is C16H21N3O3. The lowest BCUT2D eigenvalue weighted by molar-refractivity contribution is -0.385. The Hall–Kier alpha value is -1.95. The van der Waals surface area contributed by atoms with Crippen molar-refractivity contribution in [2.45, 2.75) is 32.2 Å². The minimum absolute atomic E-state index is 0.0109. The molecule has 1 aromatic carbocycles. The number of nitro benzene ring substituents is 1. The zero-order valence-electron chi connectivity index (χ0n) is 12.8. The number of nitrogens with zero attached hydrogens (tertiary/aromatic N) is 3. The number of hydrogen-bond donors (Lipinski definition) is 0. The molecule has 6 heteroatoms. The third-order valence-electron chi connectivity index (χ3n) is 4.76. The second-order valence-electron chi connectivity index (χ2n) is 6.20. The third kappa shape index (κ3) is 2.83. The van der Waals surface area contributed by atoms with Crippen molar-refractivity contribution >= 4 is 11.6 Å². The lowest BCUT2D eigenvalue weighted by Crippen LogP contribution is -2.56. The Kier molecular flexibility index (Phi) is 4.11. The minimum atomic E-state index is -0.412. The fraction of sp³-hybridized carbons (Fsp3) is 0.562. The van der Waals surface area contributed by atoms with E-state index in [1.807, 2.05) is 4.90 Å². The summed E-state index contributed by atoms with van der Waals surface area (Å²) in [7, 11) is 0. The van der Waals surface area contributed by atoms with Crippen LogP contribution in [0.2, 0.25) is 0 Å². The van der Waals surface area contributed by atoms with Crippen molar-refractivity contribution in [3.8, 4) is 0 Å². The first-order valence-corrected chi connectivity index (χ1v) is 7.84. The van der Waals surface area contributed by atoms with Crippen LogP contribution in [0.5, 0.6) is 0 Å². The van der Waals surface area contributed by atoms with E-state index in [0.717, 1.165) is 32.6 Å². The van der Waals surface area contributed by atoms with Crippen molar-refractivity contribution in [3.63, 3.8) is 0 Å². The van der Waals surface area contributed by atoms with Gasteiger partial charge in [0.05, 0.1) is 4.92 Å². The molecule has 22 heavy (non-hydrogen) atoms. The summed E-state index contributed by atoms with van der Waals surface area (Å²) in [5.74, 6) is -0.0109. The fourth-order valence-electron chi connectivity index (χ4n) is 3.52. The highest BCUT2D eigenvalue weighted by atomic mass is 16.6. The average molecular weight is 303 g/mol. The third-order valence-corrected chi connectivity index (χ3v) is 4.76. The second kappa shape index (κ2) is 6.04. The first-order chi connectivity index (χ1) is 10.6. The SMILES string of the molecule is Cc1cc(C(=O)N2CCN3CCCCC3C2)ccc1[N+](=O)[O-]. The van der Waals surface area contributed by atoms with Gasteiger partial charge in [-0.25, -0.2) is 0 Å². The Morgan fingerprint density at radius 2 is 2.09 bits per heavy atom. The largest absolute Gasteiger partial charge is 0.336 e. The molecule has 2 saturated heterocycles. The zero-order valence-corrected chi connectivity index (χ0v) is 12.8. The van der Waals surface area contributed by atoms with Crippen molar-refractivity contribution < 1.29 is 9.72 Å². The van der Waals surface area contributed by atoms with Gasteiger partial charge in [0, 0.05) is 42.9 Å². The molecule has 1 unspecified atom stereocenters. The van der Waals surface area contributed by atoms with Crippen LogP contribution in [0.15, 0.2) is 18.2 Å². The molecule has 2 aliphatic heterocycles. The Bertz CT molecular complexity index is 602. The number of benzene rings is 1. The van der Waals surface area contributed by atoms with Gasteiger partial charge in [-0.05, 0) is 38.4 Å². The molecule has 0 N–H and O–H groups in total. The number of carbonyl (C=O) groups is 1. The van der Waals surface area contributed by atoms with E-state index in [4.69, 9.17) is 0 Å². The van der Waals surface area contributed by atoms with Gasteiger partial charge in [-0.2, -0.15) is 0 Å². The minimum Gasteiger partial charge on any atom is -0.336 e. The summed E-state index contributed by atoms with van der Waals surface area (Å²) in [4.78, 5) is 27.5. The Morgan fingerprint density at radius 3 is 2.82 bits per heavy atom. The van der Waals surface area contributed by atoms with E-state index in [9.17, 15) is 14.9 Å². The highest BCUT2D eigenvalue weighted by molar-refractivity contribution is 5.94. The first-order valence-electron chi connectivity index (χ1n) is 7.84. The summed E-state index contributed by atoms with van der Waals surface area (Å²) in [5, 5.41) is 10.9. The summed E-state index contributed by atoms with van der Waals surface area (Å²) in [6.07, 6.45) is 3.65. The van der Waals surface area contributed by atoms with Gasteiger partial charge in [0.25, 0.3) is 11.6 Å². The van der Waals surface area contributed by atoms with Gasteiger partial charge in [0.1, 0.15) is 0 Å². The number of amides is 1. The maximum Gasteiger partial charge on any atom is 0.272 e. The molecule has 0 aromatic heterocycles. The molecule has 2 aliphatic rings. The molecule has 2 heterocycles. The predicted octanol–water partition coefficient (Wildman–Crippen LogP) is 2.21. The van der Waals surface area contributed by atoms with Gasteiger partial charge in [-0.15, -0.1) is 0 Å². The van der Waals surface area contributed by atoms with E-state index >= 15 is 0 Å². The second-order valence-corrected chi connectivity index (χ2v) is 6.20. The normalized spacial score (nSPS) is 22.2. The smallest absolute Gasteiger partial charge is 0.272 e. The predicted molar refractivity (Wildman–Crippen MR) is 82.9 cm³/mol. The molecule has 0 spiro atoms. The fourth-order valence-corrected chi connectivity index (χ4v) is 3.52. The number of aryl methyl sites for hydroxylation is 1. The molecule has 1 amide bonds. The van der Waals surface area contributed by atoms with Crippen molar-refractivity contribution in [2.75, 3.05) is 26.2 Å². The van der Waals surface area contributed by atoms with Crippen LogP contribution in [0, 0.1) is 17.0 Å². The maximum absolute atomic E-state index is 12.6. The van der Waals surface area contributed by atoms with Crippen molar-refractivity contribution in [3.05, 3.63) is 39.4 Å². The molecule has 1 aromatic rings. The number of piperazine rings is 1. The Labute approximate surface area is 129 Å². The summed E-state index contributed by atoms with van der Waals surface area (Å²) >= 11 is 0. The van der Waals surface area contributed by atoms with Crippen molar-refractivity contribution in [1.29, 1.82) is 0 Å². The Morgan fingerprint density at radius 1 is 1.27 bits per heavy atom. The van der Waals surface area contributed by atoms with Crippen LogP contribution >= 0.6 is 0 Å². The van der Waals surface area contributed by atoms with E-state index in [1.54, 1.807) is 19.1 Å². The molecule has 2 fully saturated rings. The van der Waals surface area contributed by atoms with Crippen LogP contribution in [-0.4, -0.2) is 52.9 Å². The summed E-state index contributed by atoms with van der Waals surface area (Å²) in [5.41, 5.74) is 1.15. The van der Waals surface area contributed by atoms with Crippen LogP contribution < -0.4 is 0 Å². The number of nitro groups is 1. The lowest BCUT2D eigenvalue weighted by atomic mass is 9.99. The zero-order chi connectivity index (χ0) is 15.7. The number of fused-ring (bicyclic) bond motifs is 1. The van der Waals surface area contributed by atoms with Gasteiger partial charge in [0.2, 0.25) is 0 Å². The van der Waals surface area contributed by atoms with Crippen LogP contribution in [0.25, 0.3) is 0 Å². The monoisotopic (exact) mass is 303 g/mol. The molecule has 118 valence electrons. The van der Waals surface area contributed by atoms with Gasteiger partial charge in [0.15, 0.2) is 0 Å². The standard InChI is InChI=1S/C16H21N3O3/c1-12-10-13(5-6-15(12)19(21)22)16(20)18-9-8-17-7-3-2-4-14(17)11-18/h5-6,10,14H,2-4,7-9,11H2,1H3. The van der Waals surface area contributed by atoms with Gasteiger partial charge in [-0.3, -0.25) is 19.8 Å². The van der Waals surface area contributed by atoms with Crippen molar-refractivity contribution in [1.82, 2.24) is 9.80 Å². The van der Waals surface area contributed by atoms with Crippen LogP contribution in [0.3, 0.4) is 0 Å². The quantitative estimate of drug-likeness (QED) is 0.620. The van der Waals surface area contributed by atoms with E-state index < -0.39 is 4.92 Å². The summed E-state index contributed by atoms with van der Waals surface area (Å²) < 4.78 is 0. The van der Waals surface area contributed by atoms with Crippen LogP contribution in [-0.2, 0) is 0 Å². The van der Waals surface area contributed by atoms with Crippen molar-refractivity contribution in [2.24, 2.45) is 0 Å². The summed E-state index contributed by atoms with van der Waals surface area (Å²) in [6.45, 7) is 5.26. The van der Waals surface area contributed by atoms with Crippen LogP contribution in [0.1, 0.15) is 35.2 Å². The number of rotatable bonds is 2. The lowest BCUT2D eigenvalue weighted by Gasteiger charge is -2.44. The molecule has 6 nitrogen and oxygen atoms in total. The molecule has 0 bridgehead atoms. The number of carbonyl (C=O) groups excluding carboxylic acids is 1. The average Bonchev–Trinajstić information content (AvgIpc) is 2.53. The Balaban J connectivity index is 1.74. The van der Waals surface area contributed by atoms with Gasteiger partial charge < -0.3 is 4.90 Å². The van der Waals surface area contributed by atoms with E-state index in [-0.39, 0.29) is 11.6 Å². The van der Waals surface area contributed by atoms with Gasteiger partial charge in [-0.1, -0.05) is 6.42 Å². The van der Waals surface area contributed by atoms with E-state index in [1.165, 1.54) is 18.9 Å². The number of hydrogen-bond acceptors (Lipinski definition) is 4. The maximum atomic E-state index is 12.6. The molecular weight excluding hydrogens is 282 g/mol. The molecule has 3 rings (SSSR count). The first kappa shape index (κ1) is 15.0. The van der Waals surface area contributed by atoms with E-state index in [0.29, 0.717) is 17.2 Å². The topological polar surface area (TPSA) is 66.7 Å². The molecule has 0 saturated carbocycles. The number of piperidine rings is 1.